The van der Waals surface area contributed by atoms with Gasteiger partial charge in [-0.25, -0.2) is 8.42 Å². The molecule has 1 unspecified atom stereocenters. The van der Waals surface area contributed by atoms with E-state index in [1.54, 1.807) is 26.0 Å². The van der Waals surface area contributed by atoms with Gasteiger partial charge in [0.25, 0.3) is 5.91 Å². The average molecular weight is 500 g/mol. The van der Waals surface area contributed by atoms with Gasteiger partial charge in [0.15, 0.2) is 0 Å². The van der Waals surface area contributed by atoms with E-state index >= 15 is 0 Å². The van der Waals surface area contributed by atoms with Crippen LogP contribution in [0.5, 0.6) is 0 Å². The normalized spacial score (nSPS) is 15.9. The number of likely N-dealkylation sites (tertiary alicyclic amines) is 1. The molecule has 0 radical (unpaired) electrons. The van der Waals surface area contributed by atoms with Crippen molar-refractivity contribution in [3.63, 3.8) is 0 Å². The quantitative estimate of drug-likeness (QED) is 0.567. The molecule has 1 aliphatic rings. The van der Waals surface area contributed by atoms with Crippen LogP contribution in [-0.2, 0) is 14.8 Å². The topological polar surface area (TPSA) is 86.8 Å². The second-order valence-corrected chi connectivity index (χ2v) is 11.3. The Hall–Kier alpha value is -2.71. The zero-order valence-corrected chi connectivity index (χ0v) is 21.9. The summed E-state index contributed by atoms with van der Waals surface area (Å²) in [6.45, 7) is 9.35. The molecule has 1 saturated heterocycles. The number of carbonyl (C=O) groups is 2. The molecule has 1 heterocycles. The van der Waals surface area contributed by atoms with Crippen LogP contribution in [0.25, 0.3) is 0 Å². The van der Waals surface area contributed by atoms with E-state index < -0.39 is 22.0 Å². The molecular formula is C27H37N3O4S. The van der Waals surface area contributed by atoms with Crippen molar-refractivity contribution >= 4 is 21.8 Å². The fourth-order valence-corrected chi connectivity index (χ4v) is 6.11. The van der Waals surface area contributed by atoms with Crippen LogP contribution >= 0.6 is 0 Å². The molecule has 0 saturated carbocycles. The number of benzene rings is 2. The van der Waals surface area contributed by atoms with Crippen molar-refractivity contribution in [2.45, 2.75) is 57.4 Å². The van der Waals surface area contributed by atoms with Crippen molar-refractivity contribution < 1.29 is 18.0 Å². The minimum absolute atomic E-state index is 0.0734. The van der Waals surface area contributed by atoms with Gasteiger partial charge in [0, 0.05) is 31.7 Å². The van der Waals surface area contributed by atoms with Crippen LogP contribution in [0.3, 0.4) is 0 Å². The first kappa shape index (κ1) is 26.9. The summed E-state index contributed by atoms with van der Waals surface area (Å²) in [6.07, 6.45) is 1.78. The molecule has 1 N–H and O–H groups in total. The summed E-state index contributed by atoms with van der Waals surface area (Å²) in [4.78, 5) is 28.3. The summed E-state index contributed by atoms with van der Waals surface area (Å²) >= 11 is 0. The first-order valence-corrected chi connectivity index (χ1v) is 13.9. The number of piperidine rings is 1. The molecule has 0 aliphatic carbocycles. The third kappa shape index (κ3) is 6.30. The second kappa shape index (κ2) is 11.8. The minimum atomic E-state index is -3.69. The lowest BCUT2D eigenvalue weighted by molar-refractivity contribution is -0.135. The zero-order valence-electron chi connectivity index (χ0n) is 21.1. The number of hydrogen-bond acceptors (Lipinski definition) is 4. The van der Waals surface area contributed by atoms with Gasteiger partial charge in [0.1, 0.15) is 6.04 Å². The molecule has 3 rings (SSSR count). The van der Waals surface area contributed by atoms with E-state index in [0.717, 1.165) is 12.8 Å². The molecule has 35 heavy (non-hydrogen) atoms. The van der Waals surface area contributed by atoms with Crippen molar-refractivity contribution in [3.05, 3.63) is 65.7 Å². The van der Waals surface area contributed by atoms with Crippen molar-refractivity contribution in [2.75, 3.05) is 26.2 Å². The predicted molar refractivity (Wildman–Crippen MR) is 138 cm³/mol. The maximum absolute atomic E-state index is 13.4. The standard InChI is InChI=1S/C27H37N3O4S/c1-5-30(6-2)35(33,34)24-14-10-13-23(19-24)26(31)28-25(20(3)4)27(32)29-17-15-22(16-18-29)21-11-8-7-9-12-21/h7-14,19-20,22,25H,5-6,15-18H2,1-4H3,(H,28,31). The summed E-state index contributed by atoms with van der Waals surface area (Å²) in [5.41, 5.74) is 1.52. The number of nitrogens with one attached hydrogen (secondary N) is 1. The van der Waals surface area contributed by atoms with Crippen LogP contribution < -0.4 is 5.32 Å². The SMILES string of the molecule is CCN(CC)S(=O)(=O)c1cccc(C(=O)NC(C(=O)N2CCC(c3ccccc3)CC2)C(C)C)c1. The summed E-state index contributed by atoms with van der Waals surface area (Å²) in [5, 5.41) is 2.87. The molecule has 1 aliphatic heterocycles. The van der Waals surface area contributed by atoms with E-state index in [1.807, 2.05) is 36.9 Å². The van der Waals surface area contributed by atoms with Gasteiger partial charge >= 0.3 is 0 Å². The zero-order chi connectivity index (χ0) is 25.6. The largest absolute Gasteiger partial charge is 0.341 e. The molecule has 2 aromatic carbocycles. The Bertz CT molecular complexity index is 1110. The van der Waals surface area contributed by atoms with Crippen LogP contribution in [0.2, 0.25) is 0 Å². The van der Waals surface area contributed by atoms with Gasteiger partial charge in [-0.15, -0.1) is 0 Å². The molecular weight excluding hydrogens is 462 g/mol. The molecule has 0 spiro atoms. The number of amides is 2. The minimum Gasteiger partial charge on any atom is -0.341 e. The summed E-state index contributed by atoms with van der Waals surface area (Å²) in [6, 6.07) is 15.7. The molecule has 190 valence electrons. The monoisotopic (exact) mass is 499 g/mol. The lowest BCUT2D eigenvalue weighted by Crippen LogP contribution is -2.52. The molecule has 8 heteroatoms. The second-order valence-electron chi connectivity index (χ2n) is 9.32. The first-order chi connectivity index (χ1) is 16.7. The molecule has 1 atom stereocenters. The average Bonchev–Trinajstić information content (AvgIpc) is 2.88. The molecule has 7 nitrogen and oxygen atoms in total. The number of carbonyl (C=O) groups excluding carboxylic acids is 2. The smallest absolute Gasteiger partial charge is 0.251 e. The molecule has 2 aromatic rings. The van der Waals surface area contributed by atoms with Crippen LogP contribution in [0.15, 0.2) is 59.5 Å². The van der Waals surface area contributed by atoms with Crippen LogP contribution in [0.4, 0.5) is 0 Å². The van der Waals surface area contributed by atoms with Crippen LogP contribution in [0.1, 0.15) is 62.4 Å². The maximum Gasteiger partial charge on any atom is 0.251 e. The number of hydrogen-bond donors (Lipinski definition) is 1. The van der Waals surface area contributed by atoms with Gasteiger partial charge in [0.2, 0.25) is 15.9 Å². The highest BCUT2D eigenvalue weighted by molar-refractivity contribution is 7.89. The Morgan fingerprint density at radius 1 is 1.00 bits per heavy atom. The van der Waals surface area contributed by atoms with Gasteiger partial charge in [0.05, 0.1) is 4.90 Å². The van der Waals surface area contributed by atoms with Gasteiger partial charge < -0.3 is 10.2 Å². The Balaban J connectivity index is 1.70. The predicted octanol–water partition coefficient (Wildman–Crippen LogP) is 3.88. The van der Waals surface area contributed by atoms with Gasteiger partial charge in [-0.05, 0) is 48.4 Å². The Morgan fingerprint density at radius 2 is 1.63 bits per heavy atom. The molecule has 2 amide bonds. The van der Waals surface area contributed by atoms with E-state index in [4.69, 9.17) is 0 Å². The van der Waals surface area contributed by atoms with E-state index in [9.17, 15) is 18.0 Å². The molecule has 1 fully saturated rings. The van der Waals surface area contributed by atoms with Crippen molar-refractivity contribution in [2.24, 2.45) is 5.92 Å². The van der Waals surface area contributed by atoms with Gasteiger partial charge in [-0.1, -0.05) is 64.1 Å². The number of rotatable bonds is 9. The highest BCUT2D eigenvalue weighted by atomic mass is 32.2. The highest BCUT2D eigenvalue weighted by Gasteiger charge is 2.32. The fourth-order valence-electron chi connectivity index (χ4n) is 4.60. The summed E-state index contributed by atoms with van der Waals surface area (Å²) in [7, 11) is -3.69. The van der Waals surface area contributed by atoms with E-state index in [2.05, 4.69) is 17.4 Å². The Labute approximate surface area is 209 Å². The maximum atomic E-state index is 13.4. The Morgan fingerprint density at radius 3 is 2.20 bits per heavy atom. The van der Waals surface area contributed by atoms with Crippen LogP contribution in [-0.4, -0.2) is 61.7 Å². The number of nitrogens with zero attached hydrogens (tertiary/aromatic N) is 2. The van der Waals surface area contributed by atoms with E-state index in [0.29, 0.717) is 32.1 Å². The van der Waals surface area contributed by atoms with Gasteiger partial charge in [-0.3, -0.25) is 9.59 Å². The Kier molecular flexibility index (Phi) is 9.08. The van der Waals surface area contributed by atoms with Crippen LogP contribution in [0, 0.1) is 5.92 Å². The third-order valence-corrected chi connectivity index (χ3v) is 8.78. The lowest BCUT2D eigenvalue weighted by Gasteiger charge is -2.35. The van der Waals surface area contributed by atoms with Crippen molar-refractivity contribution in [3.8, 4) is 0 Å². The number of sulfonamides is 1. The third-order valence-electron chi connectivity index (χ3n) is 6.74. The molecule has 0 bridgehead atoms. The van der Waals surface area contributed by atoms with Crippen molar-refractivity contribution in [1.29, 1.82) is 0 Å². The van der Waals surface area contributed by atoms with Crippen molar-refractivity contribution in [1.82, 2.24) is 14.5 Å². The van der Waals surface area contributed by atoms with E-state index in [1.165, 1.54) is 22.0 Å². The first-order valence-electron chi connectivity index (χ1n) is 12.4. The highest BCUT2D eigenvalue weighted by Crippen LogP contribution is 2.28. The lowest BCUT2D eigenvalue weighted by atomic mass is 9.89. The summed E-state index contributed by atoms with van der Waals surface area (Å²) in [5.74, 6) is -0.219. The van der Waals surface area contributed by atoms with E-state index in [-0.39, 0.29) is 22.3 Å². The fraction of sp³-hybridized carbons (Fsp3) is 0.481. The molecule has 0 aromatic heterocycles. The summed E-state index contributed by atoms with van der Waals surface area (Å²) < 4.78 is 27.1. The van der Waals surface area contributed by atoms with Gasteiger partial charge in [-0.2, -0.15) is 4.31 Å².